The molecule has 4 heteroatoms. The van der Waals surface area contributed by atoms with Crippen molar-refractivity contribution in [1.82, 2.24) is 9.97 Å². The molecule has 0 saturated heterocycles. The first-order valence-corrected chi connectivity index (χ1v) is 9.16. The van der Waals surface area contributed by atoms with Gasteiger partial charge in [0.25, 0.3) is 5.56 Å². The lowest BCUT2D eigenvalue weighted by atomic mass is 9.87. The average molecular weight is 350 g/mol. The molecule has 1 aromatic heterocycles. The van der Waals surface area contributed by atoms with Crippen molar-refractivity contribution in [3.05, 3.63) is 75.8 Å². The van der Waals surface area contributed by atoms with E-state index in [0.29, 0.717) is 5.39 Å². The number of nitrogens with one attached hydrogen (secondary N) is 2. The van der Waals surface area contributed by atoms with Gasteiger partial charge in [0.2, 0.25) is 0 Å². The third kappa shape index (κ3) is 3.86. The largest absolute Gasteiger partial charge is 0.325 e. The topological polar surface area (TPSA) is 50.2 Å². The fourth-order valence-electron chi connectivity index (χ4n) is 3.14. The number of benzene rings is 2. The summed E-state index contributed by atoms with van der Waals surface area (Å²) in [6.45, 7) is 9.66. The van der Waals surface area contributed by atoms with E-state index in [0.717, 1.165) is 17.9 Å². The molecule has 4 nitrogen and oxygen atoms in total. The predicted molar refractivity (Wildman–Crippen MR) is 107 cm³/mol. The van der Waals surface area contributed by atoms with E-state index >= 15 is 0 Å². The highest BCUT2D eigenvalue weighted by Gasteiger charge is 2.20. The van der Waals surface area contributed by atoms with Crippen molar-refractivity contribution in [1.29, 1.82) is 0 Å². The summed E-state index contributed by atoms with van der Waals surface area (Å²) in [5.41, 5.74) is 3.47. The third-order valence-electron chi connectivity index (χ3n) is 5.08. The third-order valence-corrected chi connectivity index (χ3v) is 5.08. The molecule has 3 rings (SSSR count). The molecule has 2 atom stereocenters. The first-order chi connectivity index (χ1) is 12.3. The predicted octanol–water partition coefficient (Wildman–Crippen LogP) is 3.00. The number of nitrogens with zero attached hydrogens (tertiary/aromatic N) is 1. The summed E-state index contributed by atoms with van der Waals surface area (Å²) in [7, 11) is 2.14. The summed E-state index contributed by atoms with van der Waals surface area (Å²) in [6.07, 6.45) is 0. The monoisotopic (exact) mass is 350 g/mol. The van der Waals surface area contributed by atoms with E-state index in [1.54, 1.807) is 0 Å². The molecule has 0 bridgehead atoms. The molecule has 0 aliphatic rings. The minimum absolute atomic E-state index is 0.0696. The van der Waals surface area contributed by atoms with Gasteiger partial charge in [-0.2, -0.15) is 0 Å². The van der Waals surface area contributed by atoms with Gasteiger partial charge in [-0.1, -0.05) is 57.2 Å². The van der Waals surface area contributed by atoms with Crippen LogP contribution in [0.5, 0.6) is 0 Å². The van der Waals surface area contributed by atoms with Crippen LogP contribution < -0.4 is 10.5 Å². The number of para-hydroxylation sites is 1. The minimum atomic E-state index is -0.0696. The van der Waals surface area contributed by atoms with Crippen molar-refractivity contribution < 1.29 is 4.90 Å². The number of aromatic amines is 1. The Morgan fingerprint density at radius 1 is 1.08 bits per heavy atom. The van der Waals surface area contributed by atoms with E-state index < -0.39 is 0 Å². The number of quaternary nitrogens is 1. The van der Waals surface area contributed by atoms with E-state index in [4.69, 9.17) is 0 Å². The highest BCUT2D eigenvalue weighted by molar-refractivity contribution is 5.77. The fourth-order valence-corrected chi connectivity index (χ4v) is 3.14. The quantitative estimate of drug-likeness (QED) is 0.760. The summed E-state index contributed by atoms with van der Waals surface area (Å²) < 4.78 is 0. The molecule has 0 aliphatic carbocycles. The Balaban J connectivity index is 1.79. The van der Waals surface area contributed by atoms with Crippen LogP contribution in [0.25, 0.3) is 10.9 Å². The minimum Gasteiger partial charge on any atom is -0.325 e. The summed E-state index contributed by atoms with van der Waals surface area (Å²) in [5.74, 6) is 0.734. The molecule has 0 radical (unpaired) electrons. The van der Waals surface area contributed by atoms with Crippen molar-refractivity contribution in [2.45, 2.75) is 45.7 Å². The van der Waals surface area contributed by atoms with Gasteiger partial charge < -0.3 is 9.88 Å². The van der Waals surface area contributed by atoms with Crippen molar-refractivity contribution in [3.8, 4) is 0 Å². The van der Waals surface area contributed by atoms with Crippen LogP contribution in [-0.2, 0) is 12.0 Å². The lowest BCUT2D eigenvalue weighted by molar-refractivity contribution is -0.924. The molecular weight excluding hydrogens is 322 g/mol. The molecular formula is C22H28N3O+. The Labute approximate surface area is 154 Å². The molecule has 2 N–H and O–H groups in total. The maximum Gasteiger partial charge on any atom is 0.258 e. The summed E-state index contributed by atoms with van der Waals surface area (Å²) in [5, 5.41) is 0.638. The second-order valence-electron chi connectivity index (χ2n) is 8.16. The molecule has 26 heavy (non-hydrogen) atoms. The van der Waals surface area contributed by atoms with E-state index in [1.165, 1.54) is 16.0 Å². The van der Waals surface area contributed by atoms with Gasteiger partial charge in [-0.25, -0.2) is 4.98 Å². The second kappa shape index (κ2) is 7.04. The smallest absolute Gasteiger partial charge is 0.258 e. The number of H-pyrrole nitrogens is 1. The molecule has 1 heterocycles. The standard InChI is InChI=1S/C22H27N3O/c1-15(20-23-19-9-7-6-8-18(19)21(26)24-20)25(5)14-16-10-12-17(13-11-16)22(2,3)4/h6-13,15H,14H2,1-5H3,(H,23,24,26)/p+1/t15-/m1/s1. The Kier molecular flexibility index (Phi) is 4.97. The normalized spacial score (nSPS) is 14.3. The molecule has 1 unspecified atom stereocenters. The number of fused-ring (bicyclic) bond motifs is 1. The van der Waals surface area contributed by atoms with Gasteiger partial charge in [0, 0.05) is 5.56 Å². The molecule has 2 aromatic carbocycles. The van der Waals surface area contributed by atoms with E-state index in [2.05, 4.69) is 69.0 Å². The zero-order valence-corrected chi connectivity index (χ0v) is 16.3. The molecule has 0 amide bonds. The van der Waals surface area contributed by atoms with E-state index in [1.807, 2.05) is 24.3 Å². The van der Waals surface area contributed by atoms with Crippen LogP contribution in [0.1, 0.15) is 50.7 Å². The lowest BCUT2D eigenvalue weighted by Gasteiger charge is -2.22. The van der Waals surface area contributed by atoms with Gasteiger partial charge >= 0.3 is 0 Å². The molecule has 136 valence electrons. The first kappa shape index (κ1) is 18.3. The molecule has 0 saturated carbocycles. The second-order valence-corrected chi connectivity index (χ2v) is 8.16. The van der Waals surface area contributed by atoms with Gasteiger partial charge in [0.05, 0.1) is 18.0 Å². The zero-order chi connectivity index (χ0) is 18.9. The molecule has 0 spiro atoms. The number of hydrogen-bond acceptors (Lipinski definition) is 2. The van der Waals surface area contributed by atoms with Crippen LogP contribution in [0.2, 0.25) is 0 Å². The van der Waals surface area contributed by atoms with Crippen LogP contribution in [-0.4, -0.2) is 17.0 Å². The molecule has 0 aliphatic heterocycles. The number of rotatable bonds is 4. The van der Waals surface area contributed by atoms with Gasteiger partial charge in [-0.3, -0.25) is 4.79 Å². The van der Waals surface area contributed by atoms with E-state index in [-0.39, 0.29) is 17.0 Å². The SMILES string of the molecule is C[C@H](c1nc2ccccc2c(=O)[nH]1)[NH+](C)Cc1ccc(C(C)(C)C)cc1. The van der Waals surface area contributed by atoms with Crippen LogP contribution in [0, 0.1) is 0 Å². The number of hydrogen-bond donors (Lipinski definition) is 2. The Morgan fingerprint density at radius 2 is 1.73 bits per heavy atom. The molecule has 3 aromatic rings. The average Bonchev–Trinajstić information content (AvgIpc) is 2.60. The fraction of sp³-hybridized carbons (Fsp3) is 0.364. The Morgan fingerprint density at radius 3 is 2.38 bits per heavy atom. The summed E-state index contributed by atoms with van der Waals surface area (Å²) in [6, 6.07) is 16.4. The Hall–Kier alpha value is -2.46. The lowest BCUT2D eigenvalue weighted by Crippen LogP contribution is -3.07. The summed E-state index contributed by atoms with van der Waals surface area (Å²) >= 11 is 0. The maximum absolute atomic E-state index is 12.3. The maximum atomic E-state index is 12.3. The molecule has 0 fully saturated rings. The number of aromatic nitrogens is 2. The van der Waals surface area contributed by atoms with Crippen molar-refractivity contribution in [2.75, 3.05) is 7.05 Å². The summed E-state index contributed by atoms with van der Waals surface area (Å²) in [4.78, 5) is 21.2. The van der Waals surface area contributed by atoms with Gasteiger partial charge in [-0.05, 0) is 30.0 Å². The van der Waals surface area contributed by atoms with Crippen LogP contribution in [0.3, 0.4) is 0 Å². The van der Waals surface area contributed by atoms with Gasteiger partial charge in [0.15, 0.2) is 5.82 Å². The van der Waals surface area contributed by atoms with Gasteiger partial charge in [0.1, 0.15) is 12.6 Å². The van der Waals surface area contributed by atoms with Crippen molar-refractivity contribution in [3.63, 3.8) is 0 Å². The zero-order valence-electron chi connectivity index (χ0n) is 16.3. The van der Waals surface area contributed by atoms with E-state index in [9.17, 15) is 4.79 Å². The van der Waals surface area contributed by atoms with Crippen LogP contribution in [0.15, 0.2) is 53.3 Å². The van der Waals surface area contributed by atoms with Crippen LogP contribution >= 0.6 is 0 Å². The van der Waals surface area contributed by atoms with Crippen molar-refractivity contribution >= 4 is 10.9 Å². The highest BCUT2D eigenvalue weighted by Crippen LogP contribution is 2.22. The van der Waals surface area contributed by atoms with Gasteiger partial charge in [-0.15, -0.1) is 0 Å². The van der Waals surface area contributed by atoms with Crippen LogP contribution in [0.4, 0.5) is 0 Å². The first-order valence-electron chi connectivity index (χ1n) is 9.16. The van der Waals surface area contributed by atoms with Crippen molar-refractivity contribution in [2.24, 2.45) is 0 Å². The highest BCUT2D eigenvalue weighted by atomic mass is 16.1. The Bertz CT molecular complexity index is 952.